The molecule has 1 aromatic heterocycles. The fraction of sp³-hybridized carbons (Fsp3) is 0.333. The molecule has 0 unspecified atom stereocenters. The van der Waals surface area contributed by atoms with Crippen molar-refractivity contribution < 1.29 is 13.7 Å². The summed E-state index contributed by atoms with van der Waals surface area (Å²) in [6, 6.07) is 4.59. The van der Waals surface area contributed by atoms with Gasteiger partial charge in [-0.15, -0.1) is 0 Å². The van der Waals surface area contributed by atoms with Crippen LogP contribution in [0.3, 0.4) is 0 Å². The maximum Gasteiger partial charge on any atom is 0.213 e. The second-order valence-corrected chi connectivity index (χ2v) is 3.71. The van der Waals surface area contributed by atoms with E-state index in [9.17, 15) is 4.39 Å². The summed E-state index contributed by atoms with van der Waals surface area (Å²) in [6.07, 6.45) is 1.22. The summed E-state index contributed by atoms with van der Waals surface area (Å²) in [7, 11) is 0. The summed E-state index contributed by atoms with van der Waals surface area (Å²) in [5.41, 5.74) is 0.833. The predicted octanol–water partition coefficient (Wildman–Crippen LogP) is 1.90. The summed E-state index contributed by atoms with van der Waals surface area (Å²) < 4.78 is 23.3. The summed E-state index contributed by atoms with van der Waals surface area (Å²) in [5.74, 6) is 0.550. The zero-order chi connectivity index (χ0) is 12.8. The number of nitrogens with zero attached hydrogens (tertiary/aromatic N) is 2. The third-order valence-electron chi connectivity index (χ3n) is 2.29. The fourth-order valence-corrected chi connectivity index (χ4v) is 1.48. The highest BCUT2D eigenvalue weighted by atomic mass is 19.1. The molecule has 0 saturated carbocycles. The van der Waals surface area contributed by atoms with E-state index in [-0.39, 0.29) is 12.4 Å². The Labute approximate surface area is 104 Å². The van der Waals surface area contributed by atoms with Gasteiger partial charge in [-0.25, -0.2) is 4.39 Å². The third-order valence-corrected chi connectivity index (χ3v) is 2.29. The van der Waals surface area contributed by atoms with Crippen LogP contribution in [-0.4, -0.2) is 16.7 Å². The quantitative estimate of drug-likeness (QED) is 0.849. The van der Waals surface area contributed by atoms with Crippen LogP contribution in [0.1, 0.15) is 18.3 Å². The van der Waals surface area contributed by atoms with Crippen LogP contribution in [-0.2, 0) is 13.2 Å². The SMILES string of the molecule is CCNCc1cc(F)cc(OCc2ncon2)c1. The standard InChI is InChI=1S/C12H14FN3O2/c1-2-14-6-9-3-10(13)5-11(4-9)17-7-12-15-8-18-16-12/h3-5,8,14H,2,6-7H2,1H3. The predicted molar refractivity (Wildman–Crippen MR) is 62.4 cm³/mol. The van der Waals surface area contributed by atoms with Gasteiger partial charge >= 0.3 is 0 Å². The molecule has 0 aliphatic carbocycles. The molecule has 0 bridgehead atoms. The Hall–Kier alpha value is -1.95. The first-order chi connectivity index (χ1) is 8.78. The van der Waals surface area contributed by atoms with Gasteiger partial charge in [0.15, 0.2) is 6.61 Å². The molecule has 5 nitrogen and oxygen atoms in total. The van der Waals surface area contributed by atoms with Crippen LogP contribution in [0.25, 0.3) is 0 Å². The number of rotatable bonds is 6. The number of benzene rings is 1. The molecule has 0 aliphatic rings. The van der Waals surface area contributed by atoms with E-state index in [2.05, 4.69) is 20.0 Å². The maximum atomic E-state index is 13.4. The van der Waals surface area contributed by atoms with Crippen LogP contribution in [0.2, 0.25) is 0 Å². The first kappa shape index (κ1) is 12.5. The lowest BCUT2D eigenvalue weighted by Crippen LogP contribution is -2.12. The average molecular weight is 251 g/mol. The van der Waals surface area contributed by atoms with Gasteiger partial charge in [0.2, 0.25) is 12.2 Å². The number of hydrogen-bond donors (Lipinski definition) is 1. The topological polar surface area (TPSA) is 60.2 Å². The Morgan fingerprint density at radius 3 is 3.00 bits per heavy atom. The lowest BCUT2D eigenvalue weighted by atomic mass is 10.2. The molecule has 1 aromatic carbocycles. The molecule has 1 heterocycles. The average Bonchev–Trinajstić information content (AvgIpc) is 2.86. The van der Waals surface area contributed by atoms with E-state index in [0.717, 1.165) is 12.1 Å². The minimum atomic E-state index is -0.325. The molecule has 0 atom stereocenters. The number of ether oxygens (including phenoxy) is 1. The molecule has 1 N–H and O–H groups in total. The number of aromatic nitrogens is 2. The van der Waals surface area contributed by atoms with Crippen molar-refractivity contribution in [1.82, 2.24) is 15.5 Å². The lowest BCUT2D eigenvalue weighted by molar-refractivity contribution is 0.285. The van der Waals surface area contributed by atoms with Crippen molar-refractivity contribution in [3.05, 3.63) is 41.8 Å². The highest BCUT2D eigenvalue weighted by molar-refractivity contribution is 5.29. The van der Waals surface area contributed by atoms with Crippen LogP contribution >= 0.6 is 0 Å². The molecule has 0 radical (unpaired) electrons. The van der Waals surface area contributed by atoms with Crippen LogP contribution in [0, 0.1) is 5.82 Å². The molecule has 0 aliphatic heterocycles. The largest absolute Gasteiger partial charge is 0.485 e. The second kappa shape index (κ2) is 6.11. The molecular weight excluding hydrogens is 237 g/mol. The summed E-state index contributed by atoms with van der Waals surface area (Å²) in [6.45, 7) is 3.58. The molecule has 0 amide bonds. The molecular formula is C12H14FN3O2. The molecule has 6 heteroatoms. The van der Waals surface area contributed by atoms with Crippen molar-refractivity contribution in [2.24, 2.45) is 0 Å². The van der Waals surface area contributed by atoms with Crippen molar-refractivity contribution in [2.45, 2.75) is 20.1 Å². The van der Waals surface area contributed by atoms with Gasteiger partial charge in [0.25, 0.3) is 0 Å². The first-order valence-electron chi connectivity index (χ1n) is 5.66. The van der Waals surface area contributed by atoms with Gasteiger partial charge in [-0.3, -0.25) is 0 Å². The zero-order valence-electron chi connectivity index (χ0n) is 10.0. The summed E-state index contributed by atoms with van der Waals surface area (Å²) in [5, 5.41) is 6.74. The smallest absolute Gasteiger partial charge is 0.213 e. The molecule has 0 spiro atoms. The molecule has 0 saturated heterocycles. The van der Waals surface area contributed by atoms with Crippen molar-refractivity contribution in [3.63, 3.8) is 0 Å². The Morgan fingerprint density at radius 2 is 2.28 bits per heavy atom. The molecule has 2 aromatic rings. The van der Waals surface area contributed by atoms with E-state index in [0.29, 0.717) is 18.1 Å². The fourth-order valence-electron chi connectivity index (χ4n) is 1.48. The van der Waals surface area contributed by atoms with E-state index < -0.39 is 0 Å². The summed E-state index contributed by atoms with van der Waals surface area (Å²) >= 11 is 0. The van der Waals surface area contributed by atoms with Gasteiger partial charge in [0.1, 0.15) is 11.6 Å². The molecule has 2 rings (SSSR count). The zero-order valence-corrected chi connectivity index (χ0v) is 10.0. The van der Waals surface area contributed by atoms with Gasteiger partial charge in [0, 0.05) is 12.6 Å². The number of hydrogen-bond acceptors (Lipinski definition) is 5. The minimum absolute atomic E-state index is 0.153. The number of halogens is 1. The Kier molecular flexibility index (Phi) is 4.25. The van der Waals surface area contributed by atoms with Crippen LogP contribution in [0.4, 0.5) is 4.39 Å². The van der Waals surface area contributed by atoms with Gasteiger partial charge < -0.3 is 14.6 Å². The Bertz CT molecular complexity index is 488. The molecule has 0 fully saturated rings. The third kappa shape index (κ3) is 3.53. The van der Waals surface area contributed by atoms with Crippen molar-refractivity contribution in [3.8, 4) is 5.75 Å². The normalized spacial score (nSPS) is 10.6. The Morgan fingerprint density at radius 1 is 1.39 bits per heavy atom. The Balaban J connectivity index is 2.00. The van der Waals surface area contributed by atoms with Crippen LogP contribution < -0.4 is 10.1 Å². The van der Waals surface area contributed by atoms with Gasteiger partial charge in [-0.05, 0) is 24.2 Å². The van der Waals surface area contributed by atoms with E-state index in [1.807, 2.05) is 6.92 Å². The van der Waals surface area contributed by atoms with Crippen molar-refractivity contribution in [2.75, 3.05) is 6.54 Å². The van der Waals surface area contributed by atoms with Gasteiger partial charge in [0.05, 0.1) is 0 Å². The van der Waals surface area contributed by atoms with E-state index in [4.69, 9.17) is 4.74 Å². The van der Waals surface area contributed by atoms with Crippen molar-refractivity contribution >= 4 is 0 Å². The first-order valence-corrected chi connectivity index (χ1v) is 5.66. The van der Waals surface area contributed by atoms with Crippen LogP contribution in [0.15, 0.2) is 29.1 Å². The monoisotopic (exact) mass is 251 g/mol. The van der Waals surface area contributed by atoms with E-state index in [1.54, 1.807) is 6.07 Å². The van der Waals surface area contributed by atoms with Crippen molar-refractivity contribution in [1.29, 1.82) is 0 Å². The van der Waals surface area contributed by atoms with Gasteiger partial charge in [-0.1, -0.05) is 12.1 Å². The minimum Gasteiger partial charge on any atom is -0.485 e. The van der Waals surface area contributed by atoms with Crippen LogP contribution in [0.5, 0.6) is 5.75 Å². The number of nitrogens with one attached hydrogen (secondary N) is 1. The molecule has 96 valence electrons. The maximum absolute atomic E-state index is 13.4. The van der Waals surface area contributed by atoms with E-state index >= 15 is 0 Å². The van der Waals surface area contributed by atoms with E-state index in [1.165, 1.54) is 18.5 Å². The highest BCUT2D eigenvalue weighted by Gasteiger charge is 2.04. The summed E-state index contributed by atoms with van der Waals surface area (Å²) in [4.78, 5) is 3.82. The van der Waals surface area contributed by atoms with Gasteiger partial charge in [-0.2, -0.15) is 4.98 Å². The lowest BCUT2D eigenvalue weighted by Gasteiger charge is -2.07. The molecule has 18 heavy (non-hydrogen) atoms. The second-order valence-electron chi connectivity index (χ2n) is 3.71. The highest BCUT2D eigenvalue weighted by Crippen LogP contribution is 2.17.